The molecule has 0 aliphatic rings. The summed E-state index contributed by atoms with van der Waals surface area (Å²) in [5.74, 6) is -1.18. The van der Waals surface area contributed by atoms with Gasteiger partial charge in [0.1, 0.15) is 5.56 Å². The largest absolute Gasteiger partial charge is 0.477 e. The van der Waals surface area contributed by atoms with Gasteiger partial charge in [0.05, 0.1) is 0 Å². The van der Waals surface area contributed by atoms with Crippen molar-refractivity contribution in [3.8, 4) is 0 Å². The van der Waals surface area contributed by atoms with Crippen molar-refractivity contribution in [1.82, 2.24) is 9.78 Å². The van der Waals surface area contributed by atoms with Crippen molar-refractivity contribution in [1.29, 1.82) is 0 Å². The molecule has 0 atom stereocenters. The molecule has 0 unspecified atom stereocenters. The zero-order valence-corrected chi connectivity index (χ0v) is 7.41. The number of nitrogens with one attached hydrogen (secondary N) is 1. The van der Waals surface area contributed by atoms with E-state index in [2.05, 4.69) is 5.10 Å². The van der Waals surface area contributed by atoms with E-state index in [0.29, 0.717) is 6.54 Å². The number of carbonyl (C=O) groups is 1. The predicted molar refractivity (Wildman–Crippen MR) is 46.9 cm³/mol. The van der Waals surface area contributed by atoms with Gasteiger partial charge in [-0.3, -0.25) is 9.48 Å². The fraction of sp³-hybridized carbons (Fsp3) is 0.500. The molecule has 5 heteroatoms. The molecular formula is C8H12N2O3. The molecule has 0 aliphatic carbocycles. The second kappa shape index (κ2) is 3.93. The molecule has 2 N–H and O–H groups in total. The number of aryl methyl sites for hydroxylation is 1. The number of carboxylic acids is 1. The summed E-state index contributed by atoms with van der Waals surface area (Å²) in [4.78, 5) is 21.7. The minimum Gasteiger partial charge on any atom is -0.477 e. The van der Waals surface area contributed by atoms with Crippen molar-refractivity contribution in [2.24, 2.45) is 0 Å². The van der Waals surface area contributed by atoms with Gasteiger partial charge in [-0.05, 0) is 6.42 Å². The first-order chi connectivity index (χ1) is 6.16. The number of carboxylic acid groups (broad SMARTS) is 1. The molecule has 1 rings (SSSR count). The number of aromatic nitrogens is 2. The maximum absolute atomic E-state index is 11.3. The number of aromatic amines is 1. The fourth-order valence-electron chi connectivity index (χ4n) is 1.04. The minimum atomic E-state index is -1.18. The lowest BCUT2D eigenvalue weighted by atomic mass is 10.3. The zero-order chi connectivity index (χ0) is 9.84. The normalized spacial score (nSPS) is 10.2. The van der Waals surface area contributed by atoms with Crippen LogP contribution < -0.4 is 5.56 Å². The van der Waals surface area contributed by atoms with Gasteiger partial charge in [0, 0.05) is 12.7 Å². The molecule has 72 valence electrons. The van der Waals surface area contributed by atoms with E-state index in [9.17, 15) is 9.59 Å². The van der Waals surface area contributed by atoms with Gasteiger partial charge < -0.3 is 10.2 Å². The van der Waals surface area contributed by atoms with E-state index in [1.807, 2.05) is 6.92 Å². The summed E-state index contributed by atoms with van der Waals surface area (Å²) in [5.41, 5.74) is -0.656. The van der Waals surface area contributed by atoms with Crippen LogP contribution in [-0.4, -0.2) is 20.9 Å². The van der Waals surface area contributed by atoms with E-state index in [1.54, 1.807) is 0 Å². The molecule has 0 fully saturated rings. The molecule has 13 heavy (non-hydrogen) atoms. The standard InChI is InChI=1S/C8H12N2O3/c1-2-3-4-10-7(11)6(5-9-10)8(12)13/h5,9H,2-4H2,1H3,(H,12,13). The Labute approximate surface area is 75.0 Å². The number of nitrogens with zero attached hydrogens (tertiary/aromatic N) is 1. The van der Waals surface area contributed by atoms with Gasteiger partial charge in [-0.2, -0.15) is 0 Å². The Kier molecular flexibility index (Phi) is 2.89. The maximum atomic E-state index is 11.3. The van der Waals surface area contributed by atoms with Gasteiger partial charge in [-0.25, -0.2) is 4.79 Å². The van der Waals surface area contributed by atoms with Crippen LogP contribution in [0.25, 0.3) is 0 Å². The average molecular weight is 184 g/mol. The van der Waals surface area contributed by atoms with Crippen molar-refractivity contribution in [3.05, 3.63) is 22.1 Å². The third kappa shape index (κ3) is 1.99. The van der Waals surface area contributed by atoms with Crippen molar-refractivity contribution in [2.45, 2.75) is 26.3 Å². The molecule has 0 bridgehead atoms. The number of aromatic carboxylic acids is 1. The van der Waals surface area contributed by atoms with Gasteiger partial charge >= 0.3 is 5.97 Å². The molecule has 0 aromatic carbocycles. The fourth-order valence-corrected chi connectivity index (χ4v) is 1.04. The summed E-state index contributed by atoms with van der Waals surface area (Å²) in [6.45, 7) is 2.55. The Morgan fingerprint density at radius 2 is 2.38 bits per heavy atom. The number of hydrogen-bond acceptors (Lipinski definition) is 2. The first kappa shape index (κ1) is 9.57. The van der Waals surface area contributed by atoms with Crippen LogP contribution in [0.5, 0.6) is 0 Å². The highest BCUT2D eigenvalue weighted by molar-refractivity contribution is 5.86. The summed E-state index contributed by atoms with van der Waals surface area (Å²) >= 11 is 0. The Balaban J connectivity index is 2.87. The predicted octanol–water partition coefficient (Wildman–Crippen LogP) is 0.675. The van der Waals surface area contributed by atoms with Crippen LogP contribution >= 0.6 is 0 Å². The smallest absolute Gasteiger partial charge is 0.342 e. The van der Waals surface area contributed by atoms with Crippen molar-refractivity contribution >= 4 is 5.97 Å². The van der Waals surface area contributed by atoms with Gasteiger partial charge in [0.15, 0.2) is 0 Å². The molecule has 1 heterocycles. The van der Waals surface area contributed by atoms with Gasteiger partial charge in [0.2, 0.25) is 0 Å². The molecule has 5 nitrogen and oxygen atoms in total. The van der Waals surface area contributed by atoms with Gasteiger partial charge in [-0.1, -0.05) is 13.3 Å². The first-order valence-corrected chi connectivity index (χ1v) is 4.18. The lowest BCUT2D eigenvalue weighted by molar-refractivity contribution is 0.0695. The average Bonchev–Trinajstić information content (AvgIpc) is 2.43. The SMILES string of the molecule is CCCCn1[nH]cc(C(=O)O)c1=O. The Hall–Kier alpha value is -1.52. The second-order valence-corrected chi connectivity index (χ2v) is 2.80. The van der Waals surface area contributed by atoms with Crippen LogP contribution in [0.15, 0.2) is 11.0 Å². The molecule has 0 radical (unpaired) electrons. The van der Waals surface area contributed by atoms with Crippen LogP contribution in [-0.2, 0) is 6.54 Å². The topological polar surface area (TPSA) is 75.1 Å². The van der Waals surface area contributed by atoms with E-state index in [4.69, 9.17) is 5.11 Å². The Morgan fingerprint density at radius 3 is 2.85 bits per heavy atom. The minimum absolute atomic E-state index is 0.198. The van der Waals surface area contributed by atoms with Gasteiger partial charge in [0.25, 0.3) is 5.56 Å². The van der Waals surface area contributed by atoms with Gasteiger partial charge in [-0.15, -0.1) is 0 Å². The van der Waals surface area contributed by atoms with Crippen LogP contribution in [0.1, 0.15) is 30.1 Å². The number of hydrogen-bond donors (Lipinski definition) is 2. The third-order valence-electron chi connectivity index (χ3n) is 1.81. The number of unbranched alkanes of at least 4 members (excludes halogenated alkanes) is 1. The highest BCUT2D eigenvalue weighted by Gasteiger charge is 2.11. The number of rotatable bonds is 4. The van der Waals surface area contributed by atoms with Crippen molar-refractivity contribution < 1.29 is 9.90 Å². The van der Waals surface area contributed by atoms with Crippen molar-refractivity contribution in [2.75, 3.05) is 0 Å². The summed E-state index contributed by atoms with van der Waals surface area (Å²) < 4.78 is 1.31. The quantitative estimate of drug-likeness (QED) is 0.722. The molecule has 1 aromatic heterocycles. The molecular weight excluding hydrogens is 172 g/mol. The highest BCUT2D eigenvalue weighted by Crippen LogP contribution is 1.93. The van der Waals surface area contributed by atoms with Crippen LogP contribution in [0.4, 0.5) is 0 Å². The van der Waals surface area contributed by atoms with Crippen LogP contribution in [0.3, 0.4) is 0 Å². The summed E-state index contributed by atoms with van der Waals surface area (Å²) in [5, 5.41) is 11.2. The summed E-state index contributed by atoms with van der Waals surface area (Å²) in [7, 11) is 0. The zero-order valence-electron chi connectivity index (χ0n) is 7.41. The molecule has 0 aliphatic heterocycles. The van der Waals surface area contributed by atoms with Crippen LogP contribution in [0, 0.1) is 0 Å². The third-order valence-corrected chi connectivity index (χ3v) is 1.81. The monoisotopic (exact) mass is 184 g/mol. The second-order valence-electron chi connectivity index (χ2n) is 2.80. The Morgan fingerprint density at radius 1 is 1.69 bits per heavy atom. The van der Waals surface area contributed by atoms with E-state index < -0.39 is 11.5 Å². The summed E-state index contributed by atoms with van der Waals surface area (Å²) in [6.07, 6.45) is 3.05. The molecule has 0 saturated carbocycles. The summed E-state index contributed by atoms with van der Waals surface area (Å²) in [6, 6.07) is 0. The van der Waals surface area contributed by atoms with E-state index in [1.165, 1.54) is 10.9 Å². The lowest BCUT2D eigenvalue weighted by Crippen LogP contribution is -2.21. The highest BCUT2D eigenvalue weighted by atomic mass is 16.4. The van der Waals surface area contributed by atoms with Crippen molar-refractivity contribution in [3.63, 3.8) is 0 Å². The maximum Gasteiger partial charge on any atom is 0.342 e. The molecule has 1 aromatic rings. The molecule has 0 spiro atoms. The lowest BCUT2D eigenvalue weighted by Gasteiger charge is -1.97. The van der Waals surface area contributed by atoms with Crippen LogP contribution in [0.2, 0.25) is 0 Å². The first-order valence-electron chi connectivity index (χ1n) is 4.18. The number of H-pyrrole nitrogens is 1. The molecule has 0 amide bonds. The van der Waals surface area contributed by atoms with E-state index in [-0.39, 0.29) is 5.56 Å². The van der Waals surface area contributed by atoms with E-state index in [0.717, 1.165) is 12.8 Å². The molecule has 0 saturated heterocycles. The Bertz CT molecular complexity index is 351. The van der Waals surface area contributed by atoms with E-state index >= 15 is 0 Å².